The highest BCUT2D eigenvalue weighted by Crippen LogP contribution is 2.24. The molecule has 0 bridgehead atoms. The number of rotatable bonds is 2. The highest BCUT2D eigenvalue weighted by Gasteiger charge is 2.05. The SMILES string of the molecule is Cc1ccccc1Cc1cccc(C)c1O. The van der Waals surface area contributed by atoms with Crippen LogP contribution < -0.4 is 0 Å². The van der Waals surface area contributed by atoms with Gasteiger partial charge in [0.25, 0.3) is 0 Å². The molecule has 2 aromatic carbocycles. The maximum absolute atomic E-state index is 9.95. The number of aryl methyl sites for hydroxylation is 2. The van der Waals surface area contributed by atoms with Crippen molar-refractivity contribution in [3.63, 3.8) is 0 Å². The zero-order valence-corrected chi connectivity index (χ0v) is 9.70. The molecule has 2 aromatic rings. The highest BCUT2D eigenvalue weighted by molar-refractivity contribution is 5.43. The third-order valence-corrected chi connectivity index (χ3v) is 2.96. The summed E-state index contributed by atoms with van der Waals surface area (Å²) in [5.41, 5.74) is 4.46. The van der Waals surface area contributed by atoms with Gasteiger partial charge in [-0.2, -0.15) is 0 Å². The van der Waals surface area contributed by atoms with Crippen LogP contribution >= 0.6 is 0 Å². The first-order chi connectivity index (χ1) is 7.68. The lowest BCUT2D eigenvalue weighted by atomic mass is 9.99. The number of aromatic hydroxyl groups is 1. The number of phenols is 1. The molecule has 82 valence electrons. The molecule has 0 radical (unpaired) electrons. The van der Waals surface area contributed by atoms with Gasteiger partial charge in [0.15, 0.2) is 0 Å². The summed E-state index contributed by atoms with van der Waals surface area (Å²) in [5.74, 6) is 0.422. The number of para-hydroxylation sites is 1. The third kappa shape index (κ3) is 2.08. The van der Waals surface area contributed by atoms with Gasteiger partial charge >= 0.3 is 0 Å². The normalized spacial score (nSPS) is 10.4. The largest absolute Gasteiger partial charge is 0.507 e. The fraction of sp³-hybridized carbons (Fsp3) is 0.200. The van der Waals surface area contributed by atoms with Gasteiger partial charge in [-0.05, 0) is 36.1 Å². The summed E-state index contributed by atoms with van der Waals surface area (Å²) in [6.45, 7) is 4.03. The minimum absolute atomic E-state index is 0.422. The van der Waals surface area contributed by atoms with Crippen LogP contribution in [-0.4, -0.2) is 5.11 Å². The van der Waals surface area contributed by atoms with E-state index in [1.807, 2.05) is 37.3 Å². The van der Waals surface area contributed by atoms with Crippen LogP contribution in [0.25, 0.3) is 0 Å². The molecule has 1 nitrogen and oxygen atoms in total. The zero-order chi connectivity index (χ0) is 11.5. The Morgan fingerprint density at radius 1 is 0.812 bits per heavy atom. The van der Waals surface area contributed by atoms with Crippen molar-refractivity contribution >= 4 is 0 Å². The molecular formula is C15H16O. The Morgan fingerprint density at radius 3 is 2.19 bits per heavy atom. The summed E-state index contributed by atoms with van der Waals surface area (Å²) in [7, 11) is 0. The van der Waals surface area contributed by atoms with Gasteiger partial charge in [-0.15, -0.1) is 0 Å². The lowest BCUT2D eigenvalue weighted by Crippen LogP contribution is -1.92. The number of hydrogen-bond acceptors (Lipinski definition) is 1. The summed E-state index contributed by atoms with van der Waals surface area (Å²) in [6, 6.07) is 14.2. The Hall–Kier alpha value is -1.76. The molecule has 0 saturated carbocycles. The van der Waals surface area contributed by atoms with Crippen molar-refractivity contribution < 1.29 is 5.11 Å². The van der Waals surface area contributed by atoms with Gasteiger partial charge in [-0.1, -0.05) is 42.5 Å². The topological polar surface area (TPSA) is 20.2 Å². The second-order valence-electron chi connectivity index (χ2n) is 4.19. The minimum Gasteiger partial charge on any atom is -0.507 e. The van der Waals surface area contributed by atoms with E-state index in [0.29, 0.717) is 5.75 Å². The molecule has 0 heterocycles. The monoisotopic (exact) mass is 212 g/mol. The van der Waals surface area contributed by atoms with Crippen molar-refractivity contribution in [1.29, 1.82) is 0 Å². The predicted octanol–water partition coefficient (Wildman–Crippen LogP) is 3.60. The van der Waals surface area contributed by atoms with E-state index in [2.05, 4.69) is 19.1 Å². The van der Waals surface area contributed by atoms with E-state index in [0.717, 1.165) is 17.5 Å². The lowest BCUT2D eigenvalue weighted by Gasteiger charge is -2.09. The fourth-order valence-corrected chi connectivity index (χ4v) is 1.88. The quantitative estimate of drug-likeness (QED) is 0.806. The average Bonchev–Trinajstić information content (AvgIpc) is 2.28. The molecule has 0 amide bonds. The highest BCUT2D eigenvalue weighted by atomic mass is 16.3. The van der Waals surface area contributed by atoms with Crippen LogP contribution in [0.5, 0.6) is 5.75 Å². The molecule has 0 aliphatic rings. The van der Waals surface area contributed by atoms with Crippen LogP contribution in [0.3, 0.4) is 0 Å². The Balaban J connectivity index is 2.35. The van der Waals surface area contributed by atoms with E-state index in [-0.39, 0.29) is 0 Å². The van der Waals surface area contributed by atoms with Crippen LogP contribution in [-0.2, 0) is 6.42 Å². The van der Waals surface area contributed by atoms with Crippen LogP contribution in [0.4, 0.5) is 0 Å². The Kier molecular flexibility index (Phi) is 2.95. The molecule has 0 fully saturated rings. The van der Waals surface area contributed by atoms with Crippen molar-refractivity contribution in [3.8, 4) is 5.75 Å². The van der Waals surface area contributed by atoms with E-state index in [9.17, 15) is 5.11 Å². The summed E-state index contributed by atoms with van der Waals surface area (Å²) >= 11 is 0. The van der Waals surface area contributed by atoms with Crippen LogP contribution in [0.15, 0.2) is 42.5 Å². The molecule has 0 atom stereocenters. The summed E-state index contributed by atoms with van der Waals surface area (Å²) in [6.07, 6.45) is 0.792. The van der Waals surface area contributed by atoms with Crippen molar-refractivity contribution in [2.24, 2.45) is 0 Å². The first-order valence-corrected chi connectivity index (χ1v) is 5.50. The van der Waals surface area contributed by atoms with Crippen molar-refractivity contribution in [2.75, 3.05) is 0 Å². The van der Waals surface area contributed by atoms with Gasteiger partial charge in [0, 0.05) is 6.42 Å². The second kappa shape index (κ2) is 4.40. The number of benzene rings is 2. The first-order valence-electron chi connectivity index (χ1n) is 5.50. The maximum Gasteiger partial charge on any atom is 0.122 e. The molecule has 16 heavy (non-hydrogen) atoms. The standard InChI is InChI=1S/C15H16O/c1-11-6-3-4-8-13(11)10-14-9-5-7-12(2)15(14)16/h3-9,16H,10H2,1-2H3. The summed E-state index contributed by atoms with van der Waals surface area (Å²) < 4.78 is 0. The average molecular weight is 212 g/mol. The number of phenolic OH excluding ortho intramolecular Hbond substituents is 1. The van der Waals surface area contributed by atoms with Gasteiger partial charge in [0.05, 0.1) is 0 Å². The Labute approximate surface area is 96.4 Å². The van der Waals surface area contributed by atoms with E-state index in [1.54, 1.807) is 0 Å². The van der Waals surface area contributed by atoms with E-state index >= 15 is 0 Å². The Morgan fingerprint density at radius 2 is 1.44 bits per heavy atom. The van der Waals surface area contributed by atoms with Gasteiger partial charge in [-0.25, -0.2) is 0 Å². The fourth-order valence-electron chi connectivity index (χ4n) is 1.88. The van der Waals surface area contributed by atoms with Gasteiger partial charge in [-0.3, -0.25) is 0 Å². The molecule has 1 N–H and O–H groups in total. The molecule has 0 aliphatic carbocycles. The molecule has 0 aliphatic heterocycles. The molecule has 1 heteroatoms. The van der Waals surface area contributed by atoms with E-state index < -0.39 is 0 Å². The maximum atomic E-state index is 9.95. The molecule has 0 spiro atoms. The summed E-state index contributed by atoms with van der Waals surface area (Å²) in [5, 5.41) is 9.95. The van der Waals surface area contributed by atoms with Crippen molar-refractivity contribution in [2.45, 2.75) is 20.3 Å². The van der Waals surface area contributed by atoms with Crippen molar-refractivity contribution in [3.05, 3.63) is 64.7 Å². The summed E-state index contributed by atoms with van der Waals surface area (Å²) in [4.78, 5) is 0. The van der Waals surface area contributed by atoms with Gasteiger partial charge in [0.1, 0.15) is 5.75 Å². The van der Waals surface area contributed by atoms with Gasteiger partial charge in [0.2, 0.25) is 0 Å². The van der Waals surface area contributed by atoms with E-state index in [1.165, 1.54) is 11.1 Å². The van der Waals surface area contributed by atoms with E-state index in [4.69, 9.17) is 0 Å². The second-order valence-corrected chi connectivity index (χ2v) is 4.19. The minimum atomic E-state index is 0.422. The number of hydrogen-bond donors (Lipinski definition) is 1. The first kappa shape index (κ1) is 10.7. The lowest BCUT2D eigenvalue weighted by molar-refractivity contribution is 0.465. The Bertz CT molecular complexity index is 501. The molecule has 0 aromatic heterocycles. The predicted molar refractivity (Wildman–Crippen MR) is 66.8 cm³/mol. The smallest absolute Gasteiger partial charge is 0.122 e. The molecule has 0 unspecified atom stereocenters. The van der Waals surface area contributed by atoms with Crippen LogP contribution in [0.2, 0.25) is 0 Å². The molecular weight excluding hydrogens is 196 g/mol. The van der Waals surface area contributed by atoms with Crippen LogP contribution in [0.1, 0.15) is 22.3 Å². The van der Waals surface area contributed by atoms with Crippen LogP contribution in [0, 0.1) is 13.8 Å². The van der Waals surface area contributed by atoms with Crippen molar-refractivity contribution in [1.82, 2.24) is 0 Å². The van der Waals surface area contributed by atoms with Gasteiger partial charge < -0.3 is 5.11 Å². The molecule has 2 rings (SSSR count). The zero-order valence-electron chi connectivity index (χ0n) is 9.70. The molecule has 0 saturated heterocycles. The third-order valence-electron chi connectivity index (χ3n) is 2.96.